The third kappa shape index (κ3) is 6.08. The normalized spacial score (nSPS) is 13.0. The molecule has 0 saturated heterocycles. The van der Waals surface area contributed by atoms with Gasteiger partial charge in [0.05, 0.1) is 0 Å². The summed E-state index contributed by atoms with van der Waals surface area (Å²) in [5, 5.41) is 8.72. The molecule has 3 heteroatoms. The monoisotopic (exact) mass is 205 g/mol. The van der Waals surface area contributed by atoms with Gasteiger partial charge in [-0.25, -0.2) is 0 Å². The molecule has 0 aliphatic heterocycles. The van der Waals surface area contributed by atoms with Gasteiger partial charge in [0.25, 0.3) is 0 Å². The molecule has 0 radical (unpaired) electrons. The lowest BCUT2D eigenvalue weighted by molar-refractivity contribution is 0.204. The quantitative estimate of drug-likeness (QED) is 0.719. The summed E-state index contributed by atoms with van der Waals surface area (Å²) in [5.41, 5.74) is 2.78. The second-order valence-electron chi connectivity index (χ2n) is 3.60. The Morgan fingerprint density at radius 1 is 1.54 bits per heavy atom. The van der Waals surface area contributed by atoms with E-state index in [9.17, 15) is 0 Å². The molecule has 0 spiro atoms. The molecule has 0 heterocycles. The predicted molar refractivity (Wildman–Crippen MR) is 58.0 cm³/mol. The number of hydrogen-bond acceptors (Lipinski definition) is 2. The molecule has 0 aliphatic carbocycles. The molecular weight excluding hydrogens is 186 g/mol. The van der Waals surface area contributed by atoms with Crippen LogP contribution in [-0.4, -0.2) is 35.7 Å². The Bertz CT molecular complexity index is 157. The molecule has 0 rings (SSSR count). The Hall–Kier alpha value is -0.0500. The maximum absolute atomic E-state index is 8.72. The van der Waals surface area contributed by atoms with E-state index in [0.29, 0.717) is 6.04 Å². The largest absolute Gasteiger partial charge is 0.396 e. The van der Waals surface area contributed by atoms with Gasteiger partial charge in [0.15, 0.2) is 0 Å². The van der Waals surface area contributed by atoms with Crippen molar-refractivity contribution in [1.29, 1.82) is 0 Å². The second-order valence-corrected chi connectivity index (χ2v) is 3.82. The van der Waals surface area contributed by atoms with E-state index in [1.54, 1.807) is 5.54 Å². The molecule has 1 N–H and O–H groups in total. The first kappa shape index (κ1) is 12.9. The zero-order chi connectivity index (χ0) is 10.3. The number of aliphatic hydroxyl groups is 1. The van der Waals surface area contributed by atoms with Crippen LogP contribution in [0.2, 0.25) is 0 Å². The highest BCUT2D eigenvalue weighted by molar-refractivity contribution is 6.25. The molecule has 13 heavy (non-hydrogen) atoms. The van der Waals surface area contributed by atoms with Crippen LogP contribution in [0.5, 0.6) is 0 Å². The Kier molecular flexibility index (Phi) is 7.33. The van der Waals surface area contributed by atoms with Crippen molar-refractivity contribution in [2.24, 2.45) is 0 Å². The first-order valence-electron chi connectivity index (χ1n) is 4.72. The minimum atomic E-state index is 0.257. The summed E-state index contributed by atoms with van der Waals surface area (Å²) in [4.78, 5) is 2.30. The van der Waals surface area contributed by atoms with Crippen LogP contribution in [0.3, 0.4) is 0 Å². The van der Waals surface area contributed by atoms with Crippen LogP contribution in [0.15, 0.2) is 11.1 Å². The van der Waals surface area contributed by atoms with E-state index in [2.05, 4.69) is 18.7 Å². The SMILES string of the molecule is CC(=CCl)CN(CCCO)C(C)C. The predicted octanol–water partition coefficient (Wildman–Crippen LogP) is 2.22. The number of rotatable bonds is 6. The van der Waals surface area contributed by atoms with Crippen molar-refractivity contribution in [2.75, 3.05) is 19.7 Å². The number of hydrogen-bond donors (Lipinski definition) is 1. The third-order valence-corrected chi connectivity index (χ3v) is 2.35. The van der Waals surface area contributed by atoms with Crippen molar-refractivity contribution in [1.82, 2.24) is 4.90 Å². The summed E-state index contributed by atoms with van der Waals surface area (Å²) in [6.07, 6.45) is 0.827. The molecule has 0 fully saturated rings. The van der Waals surface area contributed by atoms with E-state index >= 15 is 0 Å². The fourth-order valence-electron chi connectivity index (χ4n) is 1.15. The zero-order valence-corrected chi connectivity index (χ0v) is 9.51. The topological polar surface area (TPSA) is 23.5 Å². The molecule has 0 saturated carbocycles. The fourth-order valence-corrected chi connectivity index (χ4v) is 1.22. The molecule has 0 aromatic carbocycles. The maximum atomic E-state index is 8.72. The molecule has 0 amide bonds. The molecule has 2 nitrogen and oxygen atoms in total. The Morgan fingerprint density at radius 2 is 2.15 bits per heavy atom. The van der Waals surface area contributed by atoms with E-state index in [1.165, 1.54) is 0 Å². The van der Waals surface area contributed by atoms with Crippen molar-refractivity contribution in [3.8, 4) is 0 Å². The van der Waals surface area contributed by atoms with Gasteiger partial charge in [-0.2, -0.15) is 0 Å². The van der Waals surface area contributed by atoms with E-state index < -0.39 is 0 Å². The lowest BCUT2D eigenvalue weighted by Gasteiger charge is -2.26. The smallest absolute Gasteiger partial charge is 0.0443 e. The third-order valence-electron chi connectivity index (χ3n) is 1.97. The van der Waals surface area contributed by atoms with Gasteiger partial charge in [0, 0.05) is 31.3 Å². The molecule has 0 atom stereocenters. The van der Waals surface area contributed by atoms with Gasteiger partial charge < -0.3 is 5.11 Å². The summed E-state index contributed by atoms with van der Waals surface area (Å²) in [6, 6.07) is 0.498. The van der Waals surface area contributed by atoms with Gasteiger partial charge in [0.2, 0.25) is 0 Å². The lowest BCUT2D eigenvalue weighted by atomic mass is 10.2. The Balaban J connectivity index is 3.94. The summed E-state index contributed by atoms with van der Waals surface area (Å²) >= 11 is 5.60. The van der Waals surface area contributed by atoms with Gasteiger partial charge in [-0.3, -0.25) is 4.90 Å². The first-order valence-corrected chi connectivity index (χ1v) is 5.16. The van der Waals surface area contributed by atoms with E-state index in [1.807, 2.05) is 6.92 Å². The van der Waals surface area contributed by atoms with Crippen LogP contribution in [0.25, 0.3) is 0 Å². The lowest BCUT2D eigenvalue weighted by Crippen LogP contribution is -2.33. The van der Waals surface area contributed by atoms with Gasteiger partial charge >= 0.3 is 0 Å². The van der Waals surface area contributed by atoms with Gasteiger partial charge in [-0.15, -0.1) is 0 Å². The minimum absolute atomic E-state index is 0.257. The van der Waals surface area contributed by atoms with E-state index in [0.717, 1.165) is 25.1 Å². The van der Waals surface area contributed by atoms with Crippen LogP contribution < -0.4 is 0 Å². The molecule has 0 bridgehead atoms. The Morgan fingerprint density at radius 3 is 2.54 bits per heavy atom. The van der Waals surface area contributed by atoms with Crippen molar-refractivity contribution in [3.05, 3.63) is 11.1 Å². The van der Waals surface area contributed by atoms with Crippen LogP contribution in [-0.2, 0) is 0 Å². The molecule has 78 valence electrons. The Labute approximate surface area is 86.2 Å². The fraction of sp³-hybridized carbons (Fsp3) is 0.800. The number of nitrogens with zero attached hydrogens (tertiary/aromatic N) is 1. The summed E-state index contributed by atoms with van der Waals surface area (Å²) < 4.78 is 0. The van der Waals surface area contributed by atoms with Crippen molar-refractivity contribution < 1.29 is 5.11 Å². The van der Waals surface area contributed by atoms with Crippen LogP contribution >= 0.6 is 11.6 Å². The van der Waals surface area contributed by atoms with Crippen LogP contribution in [0.4, 0.5) is 0 Å². The van der Waals surface area contributed by atoms with Gasteiger partial charge in [-0.05, 0) is 32.8 Å². The number of halogens is 1. The van der Waals surface area contributed by atoms with Crippen molar-refractivity contribution >= 4 is 11.6 Å². The molecule has 0 aromatic rings. The minimum Gasteiger partial charge on any atom is -0.396 e. The van der Waals surface area contributed by atoms with E-state index in [-0.39, 0.29) is 6.61 Å². The second kappa shape index (κ2) is 7.36. The molecule has 0 unspecified atom stereocenters. The van der Waals surface area contributed by atoms with E-state index in [4.69, 9.17) is 16.7 Å². The highest BCUT2D eigenvalue weighted by Crippen LogP contribution is 2.05. The molecular formula is C10H20ClNO. The first-order chi connectivity index (χ1) is 6.11. The highest BCUT2D eigenvalue weighted by atomic mass is 35.5. The summed E-state index contributed by atoms with van der Waals surface area (Å²) in [7, 11) is 0. The van der Waals surface area contributed by atoms with Crippen molar-refractivity contribution in [3.63, 3.8) is 0 Å². The zero-order valence-electron chi connectivity index (χ0n) is 8.76. The summed E-state index contributed by atoms with van der Waals surface area (Å²) in [5.74, 6) is 0. The highest BCUT2D eigenvalue weighted by Gasteiger charge is 2.08. The molecule has 0 aromatic heterocycles. The van der Waals surface area contributed by atoms with Gasteiger partial charge in [-0.1, -0.05) is 11.6 Å². The van der Waals surface area contributed by atoms with Crippen molar-refractivity contribution in [2.45, 2.75) is 33.2 Å². The van der Waals surface area contributed by atoms with Crippen LogP contribution in [0, 0.1) is 0 Å². The average molecular weight is 206 g/mol. The summed E-state index contributed by atoms with van der Waals surface area (Å²) in [6.45, 7) is 8.39. The maximum Gasteiger partial charge on any atom is 0.0443 e. The van der Waals surface area contributed by atoms with Gasteiger partial charge in [0.1, 0.15) is 0 Å². The van der Waals surface area contributed by atoms with Crippen LogP contribution in [0.1, 0.15) is 27.2 Å². The number of aliphatic hydroxyl groups excluding tert-OH is 1. The standard InChI is InChI=1S/C10H20ClNO/c1-9(2)12(5-4-6-13)8-10(3)7-11/h7,9,13H,4-6,8H2,1-3H3. The molecule has 0 aliphatic rings. The average Bonchev–Trinajstić information content (AvgIpc) is 2.11.